The average molecular weight is 426 g/mol. The minimum Gasteiger partial charge on any atom is -0.325 e. The number of benzene rings is 1. The molecule has 152 valence electrons. The quantitative estimate of drug-likeness (QED) is 0.746. The fraction of sp³-hybridized carbons (Fsp3) is 0.421. The molecule has 9 heteroatoms. The summed E-state index contributed by atoms with van der Waals surface area (Å²) in [7, 11) is -3.48. The van der Waals surface area contributed by atoms with Gasteiger partial charge in [0.2, 0.25) is 15.9 Å². The molecule has 0 aliphatic carbocycles. The Morgan fingerprint density at radius 1 is 1.29 bits per heavy atom. The Balaban J connectivity index is 1.52. The number of hydrogen-bond acceptors (Lipinski definition) is 5. The average Bonchev–Trinajstić information content (AvgIpc) is 3.20. The van der Waals surface area contributed by atoms with Gasteiger partial charge in [0, 0.05) is 24.8 Å². The standard InChI is InChI=1S/C19H24FN3O3S2/c1-13-5-6-16(12-17(13)20)21-19(24)14(2)23-9-7-15(8-10-23)22-28(25,26)18-4-3-11-27-18/h3-6,11-12,14-15,22H,7-10H2,1-2H3,(H,21,24). The molecule has 2 aromatic rings. The van der Waals surface area contributed by atoms with Crippen molar-refractivity contribution in [2.75, 3.05) is 18.4 Å². The van der Waals surface area contributed by atoms with E-state index in [0.717, 1.165) is 0 Å². The lowest BCUT2D eigenvalue weighted by Crippen LogP contribution is -2.50. The van der Waals surface area contributed by atoms with Gasteiger partial charge < -0.3 is 5.32 Å². The molecule has 1 fully saturated rings. The molecule has 1 aromatic heterocycles. The van der Waals surface area contributed by atoms with E-state index in [4.69, 9.17) is 0 Å². The van der Waals surface area contributed by atoms with Crippen molar-refractivity contribution in [3.8, 4) is 0 Å². The van der Waals surface area contributed by atoms with Crippen LogP contribution >= 0.6 is 11.3 Å². The highest BCUT2D eigenvalue weighted by Crippen LogP contribution is 2.20. The predicted molar refractivity (Wildman–Crippen MR) is 108 cm³/mol. The molecule has 1 atom stereocenters. The van der Waals surface area contributed by atoms with E-state index in [1.165, 1.54) is 17.4 Å². The van der Waals surface area contributed by atoms with Crippen molar-refractivity contribution in [3.05, 3.63) is 47.1 Å². The molecule has 0 saturated carbocycles. The number of hydrogen-bond donors (Lipinski definition) is 2. The van der Waals surface area contributed by atoms with Crippen LogP contribution in [0.2, 0.25) is 0 Å². The van der Waals surface area contributed by atoms with Gasteiger partial charge in [0.15, 0.2) is 0 Å². The Kier molecular flexibility index (Phi) is 6.49. The van der Waals surface area contributed by atoms with Gasteiger partial charge in [-0.25, -0.2) is 17.5 Å². The van der Waals surface area contributed by atoms with Crippen LogP contribution in [0, 0.1) is 12.7 Å². The monoisotopic (exact) mass is 425 g/mol. The van der Waals surface area contributed by atoms with Gasteiger partial charge in [-0.1, -0.05) is 12.1 Å². The van der Waals surface area contributed by atoms with Gasteiger partial charge in [-0.05, 0) is 55.8 Å². The highest BCUT2D eigenvalue weighted by molar-refractivity contribution is 7.91. The van der Waals surface area contributed by atoms with E-state index >= 15 is 0 Å². The smallest absolute Gasteiger partial charge is 0.250 e. The number of anilines is 1. The zero-order valence-electron chi connectivity index (χ0n) is 15.8. The van der Waals surface area contributed by atoms with Crippen LogP contribution in [-0.2, 0) is 14.8 Å². The molecule has 6 nitrogen and oxygen atoms in total. The highest BCUT2D eigenvalue weighted by Gasteiger charge is 2.29. The van der Waals surface area contributed by atoms with Crippen molar-refractivity contribution in [2.45, 2.75) is 43.0 Å². The SMILES string of the molecule is Cc1ccc(NC(=O)C(C)N2CCC(NS(=O)(=O)c3cccs3)CC2)cc1F. The molecular formula is C19H24FN3O3S2. The first-order valence-electron chi connectivity index (χ1n) is 9.13. The van der Waals surface area contributed by atoms with Gasteiger partial charge in [-0.2, -0.15) is 0 Å². The summed E-state index contributed by atoms with van der Waals surface area (Å²) in [5.41, 5.74) is 0.955. The number of likely N-dealkylation sites (tertiary alicyclic amines) is 1. The normalized spacial score (nSPS) is 17.4. The first kappa shape index (κ1) is 20.9. The number of nitrogens with zero attached hydrogens (tertiary/aromatic N) is 1. The third-order valence-electron chi connectivity index (χ3n) is 4.98. The maximum absolute atomic E-state index is 13.6. The van der Waals surface area contributed by atoms with Crippen LogP contribution in [0.25, 0.3) is 0 Å². The summed E-state index contributed by atoms with van der Waals surface area (Å²) in [5.74, 6) is -0.565. The lowest BCUT2D eigenvalue weighted by Gasteiger charge is -2.35. The van der Waals surface area contributed by atoms with Gasteiger partial charge in [-0.15, -0.1) is 11.3 Å². The molecular weight excluding hydrogens is 401 g/mol. The highest BCUT2D eigenvalue weighted by atomic mass is 32.2. The minimum absolute atomic E-state index is 0.148. The van der Waals surface area contributed by atoms with E-state index in [1.54, 1.807) is 43.5 Å². The van der Waals surface area contributed by atoms with E-state index < -0.39 is 10.0 Å². The van der Waals surface area contributed by atoms with Crippen molar-refractivity contribution >= 4 is 33.0 Å². The molecule has 0 radical (unpaired) electrons. The van der Waals surface area contributed by atoms with Gasteiger partial charge in [0.05, 0.1) is 6.04 Å². The third-order valence-corrected chi connectivity index (χ3v) is 7.90. The molecule has 2 N–H and O–H groups in total. The molecule has 2 heterocycles. The second kappa shape index (κ2) is 8.69. The zero-order chi connectivity index (χ0) is 20.3. The number of halogens is 1. The Bertz CT molecular complexity index is 924. The van der Waals surface area contributed by atoms with Crippen LogP contribution in [0.1, 0.15) is 25.3 Å². The zero-order valence-corrected chi connectivity index (χ0v) is 17.4. The molecule has 1 unspecified atom stereocenters. The number of thiophene rings is 1. The van der Waals surface area contributed by atoms with Crippen LogP contribution in [0.5, 0.6) is 0 Å². The summed E-state index contributed by atoms with van der Waals surface area (Å²) in [4.78, 5) is 14.5. The molecule has 1 aromatic carbocycles. The Hall–Kier alpha value is -1.81. The number of carbonyl (C=O) groups excluding carboxylic acids is 1. The van der Waals surface area contributed by atoms with Gasteiger partial charge in [0.1, 0.15) is 10.0 Å². The summed E-state index contributed by atoms with van der Waals surface area (Å²) in [5, 5.41) is 4.48. The van der Waals surface area contributed by atoms with Crippen molar-refractivity contribution in [2.24, 2.45) is 0 Å². The van der Waals surface area contributed by atoms with Crippen LogP contribution in [0.3, 0.4) is 0 Å². The summed E-state index contributed by atoms with van der Waals surface area (Å²) in [6, 6.07) is 7.37. The first-order chi connectivity index (χ1) is 13.3. The van der Waals surface area contributed by atoms with Crippen molar-refractivity contribution in [1.29, 1.82) is 0 Å². The number of amides is 1. The minimum atomic E-state index is -3.48. The van der Waals surface area contributed by atoms with Crippen LogP contribution in [0.4, 0.5) is 10.1 Å². The molecule has 1 aliphatic rings. The molecule has 1 saturated heterocycles. The van der Waals surface area contributed by atoms with Crippen LogP contribution < -0.4 is 10.0 Å². The van der Waals surface area contributed by atoms with E-state index in [-0.39, 0.29) is 23.8 Å². The molecule has 1 amide bonds. The van der Waals surface area contributed by atoms with Crippen molar-refractivity contribution < 1.29 is 17.6 Å². The topological polar surface area (TPSA) is 78.5 Å². The second-order valence-electron chi connectivity index (χ2n) is 6.99. The number of carbonyl (C=O) groups is 1. The Morgan fingerprint density at radius 3 is 2.61 bits per heavy atom. The molecule has 28 heavy (non-hydrogen) atoms. The van der Waals surface area contributed by atoms with E-state index in [1.807, 2.05) is 4.90 Å². The molecule has 3 rings (SSSR count). The maximum atomic E-state index is 13.6. The second-order valence-corrected chi connectivity index (χ2v) is 9.88. The molecule has 1 aliphatic heterocycles. The number of piperidine rings is 1. The fourth-order valence-corrected chi connectivity index (χ4v) is 5.50. The number of nitrogens with one attached hydrogen (secondary N) is 2. The molecule has 0 spiro atoms. The van der Waals surface area contributed by atoms with Gasteiger partial charge in [0.25, 0.3) is 0 Å². The number of aryl methyl sites for hydroxylation is 1. The van der Waals surface area contributed by atoms with E-state index in [9.17, 15) is 17.6 Å². The van der Waals surface area contributed by atoms with E-state index in [2.05, 4.69) is 10.0 Å². The van der Waals surface area contributed by atoms with E-state index in [0.29, 0.717) is 41.4 Å². The Labute approximate surface area is 168 Å². The van der Waals surface area contributed by atoms with Crippen LogP contribution in [0.15, 0.2) is 39.9 Å². The van der Waals surface area contributed by atoms with Gasteiger partial charge in [-0.3, -0.25) is 9.69 Å². The maximum Gasteiger partial charge on any atom is 0.250 e. The lowest BCUT2D eigenvalue weighted by molar-refractivity contribution is -0.121. The van der Waals surface area contributed by atoms with Crippen molar-refractivity contribution in [1.82, 2.24) is 9.62 Å². The first-order valence-corrected chi connectivity index (χ1v) is 11.5. The summed E-state index contributed by atoms with van der Waals surface area (Å²) < 4.78 is 41.4. The summed E-state index contributed by atoms with van der Waals surface area (Å²) in [6.07, 6.45) is 1.25. The van der Waals surface area contributed by atoms with Gasteiger partial charge >= 0.3 is 0 Å². The van der Waals surface area contributed by atoms with Crippen molar-refractivity contribution in [3.63, 3.8) is 0 Å². The summed E-state index contributed by atoms with van der Waals surface area (Å²) in [6.45, 7) is 4.68. The number of rotatable bonds is 6. The van der Waals surface area contributed by atoms with Crippen LogP contribution in [-0.4, -0.2) is 44.4 Å². The fourth-order valence-electron chi connectivity index (χ4n) is 3.18. The molecule has 0 bridgehead atoms. The third kappa shape index (κ3) is 4.96. The predicted octanol–water partition coefficient (Wildman–Crippen LogP) is 2.97. The number of sulfonamides is 1. The largest absolute Gasteiger partial charge is 0.325 e. The summed E-state index contributed by atoms with van der Waals surface area (Å²) >= 11 is 1.19. The lowest BCUT2D eigenvalue weighted by atomic mass is 10.0. The Morgan fingerprint density at radius 2 is 2.00 bits per heavy atom.